The number of aromatic nitrogens is 1. The van der Waals surface area contributed by atoms with E-state index in [1.54, 1.807) is 6.20 Å². The number of rotatable bonds is 6. The zero-order valence-corrected chi connectivity index (χ0v) is 14.7. The zero-order chi connectivity index (χ0) is 17.5. The van der Waals surface area contributed by atoms with Gasteiger partial charge in [0, 0.05) is 6.61 Å². The highest BCUT2D eigenvalue weighted by atomic mass is 16.7. The monoisotopic (exact) mass is 345 g/mol. The molecule has 3 rings (SSSR count). The maximum Gasteiger partial charge on any atom is 0.157 e. The van der Waals surface area contributed by atoms with Gasteiger partial charge in [0.15, 0.2) is 6.29 Å². The lowest BCUT2D eigenvalue weighted by molar-refractivity contribution is -0.172. The molecule has 0 aromatic carbocycles. The first-order valence-electron chi connectivity index (χ1n) is 9.20. The van der Waals surface area contributed by atoms with Gasteiger partial charge in [0.2, 0.25) is 0 Å². The van der Waals surface area contributed by atoms with Crippen LogP contribution in [0.4, 0.5) is 5.69 Å². The third-order valence-electron chi connectivity index (χ3n) is 5.16. The number of hydrogen-bond acceptors (Lipinski definition) is 6. The molecule has 25 heavy (non-hydrogen) atoms. The summed E-state index contributed by atoms with van der Waals surface area (Å²) >= 11 is 0. The van der Waals surface area contributed by atoms with E-state index in [0.29, 0.717) is 18.9 Å². The van der Waals surface area contributed by atoms with Crippen LogP contribution in [0.1, 0.15) is 50.6 Å². The van der Waals surface area contributed by atoms with Gasteiger partial charge in [0.25, 0.3) is 0 Å². The molecule has 1 aromatic rings. The summed E-state index contributed by atoms with van der Waals surface area (Å²) in [7, 11) is 0. The number of pyridine rings is 1. The van der Waals surface area contributed by atoms with Gasteiger partial charge >= 0.3 is 0 Å². The van der Waals surface area contributed by atoms with E-state index in [0.717, 1.165) is 50.8 Å². The van der Waals surface area contributed by atoms with Crippen molar-refractivity contribution in [1.82, 2.24) is 4.98 Å². The molecule has 1 aromatic heterocycles. The van der Waals surface area contributed by atoms with Crippen LogP contribution >= 0.6 is 0 Å². The van der Waals surface area contributed by atoms with Crippen LogP contribution in [0.25, 0.3) is 0 Å². The van der Waals surface area contributed by atoms with Crippen molar-refractivity contribution >= 4 is 5.69 Å². The van der Waals surface area contributed by atoms with Crippen molar-refractivity contribution < 1.29 is 14.2 Å². The van der Waals surface area contributed by atoms with Crippen LogP contribution in [-0.4, -0.2) is 37.2 Å². The van der Waals surface area contributed by atoms with Gasteiger partial charge in [-0.05, 0) is 57.1 Å². The summed E-state index contributed by atoms with van der Waals surface area (Å²) in [6, 6.07) is 6.17. The molecule has 6 nitrogen and oxygen atoms in total. The van der Waals surface area contributed by atoms with Gasteiger partial charge in [-0.25, -0.2) is 0 Å². The zero-order valence-electron chi connectivity index (χ0n) is 14.7. The molecule has 1 saturated carbocycles. The second kappa shape index (κ2) is 8.61. The van der Waals surface area contributed by atoms with Crippen LogP contribution in [-0.2, 0) is 19.6 Å². The molecule has 0 radical (unpaired) electrons. The van der Waals surface area contributed by atoms with Crippen molar-refractivity contribution in [3.8, 4) is 6.07 Å². The molecule has 136 valence electrons. The highest BCUT2D eigenvalue weighted by Gasteiger charge is 2.38. The molecule has 1 saturated heterocycles. The summed E-state index contributed by atoms with van der Waals surface area (Å²) in [6.45, 7) is 1.93. The molecule has 0 amide bonds. The van der Waals surface area contributed by atoms with Crippen molar-refractivity contribution in [3.05, 3.63) is 24.0 Å². The molecule has 1 unspecified atom stereocenters. The van der Waals surface area contributed by atoms with Gasteiger partial charge in [-0.2, -0.15) is 5.26 Å². The predicted octanol–water partition coefficient (Wildman–Crippen LogP) is 2.93. The lowest BCUT2D eigenvalue weighted by atomic mass is 9.72. The molecule has 2 N–H and O–H groups in total. The second-order valence-corrected chi connectivity index (χ2v) is 6.91. The Kier molecular flexibility index (Phi) is 6.24. The summed E-state index contributed by atoms with van der Waals surface area (Å²) in [5, 5.41) is 9.71. The first-order valence-corrected chi connectivity index (χ1v) is 9.20. The van der Waals surface area contributed by atoms with E-state index in [1.807, 2.05) is 12.1 Å². The largest absolute Gasteiger partial charge is 0.397 e. The summed E-state index contributed by atoms with van der Waals surface area (Å²) in [5.41, 5.74) is 6.63. The van der Waals surface area contributed by atoms with Crippen molar-refractivity contribution in [2.45, 2.75) is 62.8 Å². The van der Waals surface area contributed by atoms with Crippen LogP contribution in [0.3, 0.4) is 0 Å². The normalized spacial score (nSPS) is 29.9. The number of hydrogen-bond donors (Lipinski definition) is 1. The van der Waals surface area contributed by atoms with Crippen molar-refractivity contribution in [3.63, 3.8) is 0 Å². The molecule has 6 heteroatoms. The fourth-order valence-corrected chi connectivity index (χ4v) is 3.60. The van der Waals surface area contributed by atoms with Gasteiger partial charge in [0.1, 0.15) is 0 Å². The predicted molar refractivity (Wildman–Crippen MR) is 93.7 cm³/mol. The van der Waals surface area contributed by atoms with E-state index in [4.69, 9.17) is 19.9 Å². The fraction of sp³-hybridized carbons (Fsp3) is 0.684. The van der Waals surface area contributed by atoms with Gasteiger partial charge in [-0.15, -0.1) is 0 Å². The summed E-state index contributed by atoms with van der Waals surface area (Å²) in [4.78, 5) is 4.37. The fourth-order valence-electron chi connectivity index (χ4n) is 3.60. The SMILES string of the molecule is N#CC1(c2ccc(N)cn2)CCC(OCCOC2CCCCO2)CC1. The Balaban J connectivity index is 1.41. The van der Waals surface area contributed by atoms with E-state index in [2.05, 4.69) is 11.1 Å². The Morgan fingerprint density at radius 1 is 1.20 bits per heavy atom. The molecule has 0 bridgehead atoms. The molecule has 2 heterocycles. The van der Waals surface area contributed by atoms with E-state index in [1.165, 1.54) is 6.42 Å². The third-order valence-corrected chi connectivity index (χ3v) is 5.16. The maximum absolute atomic E-state index is 9.71. The van der Waals surface area contributed by atoms with E-state index in [-0.39, 0.29) is 12.4 Å². The lowest BCUT2D eigenvalue weighted by Gasteiger charge is -2.34. The average molecular weight is 345 g/mol. The van der Waals surface area contributed by atoms with Gasteiger partial charge < -0.3 is 19.9 Å². The smallest absolute Gasteiger partial charge is 0.157 e. The highest BCUT2D eigenvalue weighted by Crippen LogP contribution is 2.39. The minimum absolute atomic E-state index is 0.0634. The molecule has 2 fully saturated rings. The minimum Gasteiger partial charge on any atom is -0.397 e. The van der Waals surface area contributed by atoms with E-state index < -0.39 is 5.41 Å². The van der Waals surface area contributed by atoms with Crippen LogP contribution in [0.15, 0.2) is 18.3 Å². The number of nitrogens with two attached hydrogens (primary N) is 1. The maximum atomic E-state index is 9.71. The second-order valence-electron chi connectivity index (χ2n) is 6.91. The van der Waals surface area contributed by atoms with Crippen LogP contribution in [0, 0.1) is 11.3 Å². The number of nitriles is 1. The summed E-state index contributed by atoms with van der Waals surface area (Å²) in [5.74, 6) is 0. The first kappa shape index (κ1) is 18.1. The average Bonchev–Trinajstić information content (AvgIpc) is 2.67. The van der Waals surface area contributed by atoms with Gasteiger partial charge in [0.05, 0.1) is 48.4 Å². The molecular weight excluding hydrogens is 318 g/mol. The molecular formula is C19H27N3O3. The van der Waals surface area contributed by atoms with Crippen molar-refractivity contribution in [2.75, 3.05) is 25.6 Å². The van der Waals surface area contributed by atoms with Crippen LogP contribution in [0.2, 0.25) is 0 Å². The van der Waals surface area contributed by atoms with E-state index >= 15 is 0 Å². The van der Waals surface area contributed by atoms with Crippen molar-refractivity contribution in [2.24, 2.45) is 0 Å². The quantitative estimate of drug-likeness (QED) is 0.797. The molecule has 1 aliphatic heterocycles. The highest BCUT2D eigenvalue weighted by molar-refractivity contribution is 5.38. The molecule has 0 spiro atoms. The van der Waals surface area contributed by atoms with E-state index in [9.17, 15) is 5.26 Å². The third kappa shape index (κ3) is 4.69. The summed E-state index contributed by atoms with van der Waals surface area (Å²) < 4.78 is 17.2. The Morgan fingerprint density at radius 3 is 2.64 bits per heavy atom. The number of ether oxygens (including phenoxy) is 3. The Hall–Kier alpha value is -1.68. The topological polar surface area (TPSA) is 90.4 Å². The molecule has 2 aliphatic rings. The van der Waals surface area contributed by atoms with Crippen molar-refractivity contribution in [1.29, 1.82) is 5.26 Å². The molecule has 1 atom stereocenters. The van der Waals surface area contributed by atoms with Crippen LogP contribution < -0.4 is 5.73 Å². The van der Waals surface area contributed by atoms with Gasteiger partial charge in [-0.1, -0.05) is 0 Å². The van der Waals surface area contributed by atoms with Gasteiger partial charge in [-0.3, -0.25) is 4.98 Å². The number of nitrogens with zero attached hydrogens (tertiary/aromatic N) is 2. The Morgan fingerprint density at radius 2 is 2.00 bits per heavy atom. The number of anilines is 1. The lowest BCUT2D eigenvalue weighted by Crippen LogP contribution is -2.34. The minimum atomic E-state index is -0.514. The van der Waals surface area contributed by atoms with Crippen LogP contribution in [0.5, 0.6) is 0 Å². The standard InChI is InChI=1S/C19H27N3O3/c20-14-19(17-5-4-15(21)13-22-17)8-6-16(7-9-19)23-11-12-25-18-3-1-2-10-24-18/h4-5,13,16,18H,1-3,6-12,21H2. The Bertz CT molecular complexity index is 571. The summed E-state index contributed by atoms with van der Waals surface area (Å²) in [6.07, 6.45) is 8.27. The Labute approximate surface area is 149 Å². The first-order chi connectivity index (χ1) is 12.2. The molecule has 1 aliphatic carbocycles. The number of nitrogen functional groups attached to an aromatic ring is 1.